The first-order chi connectivity index (χ1) is 25.8. The Hall–Kier alpha value is -5.67. The van der Waals surface area contributed by atoms with Crippen molar-refractivity contribution in [1.29, 1.82) is 0 Å². The van der Waals surface area contributed by atoms with Gasteiger partial charge in [-0.2, -0.15) is 0 Å². The Morgan fingerprint density at radius 1 is 0.296 bits per heavy atom. The molecule has 0 unspecified atom stereocenters. The molecule has 10 rings (SSSR count). The molecule has 3 aliphatic rings. The Morgan fingerprint density at radius 2 is 0.537 bits per heavy atom. The average molecular weight is 709 g/mol. The lowest BCUT2D eigenvalue weighted by atomic mass is 9.80. The molecule has 7 aromatic rings. The third-order valence-corrected chi connectivity index (χ3v) is 12.9. The topological polar surface area (TPSA) is 0 Å². The zero-order valence-electron chi connectivity index (χ0n) is 31.3. The van der Waals surface area contributed by atoms with Crippen molar-refractivity contribution in [1.82, 2.24) is 0 Å². The van der Waals surface area contributed by atoms with Crippen LogP contribution < -0.4 is 0 Å². The fourth-order valence-corrected chi connectivity index (χ4v) is 10.0. The van der Waals surface area contributed by atoms with Gasteiger partial charge in [-0.1, -0.05) is 151 Å². The summed E-state index contributed by atoms with van der Waals surface area (Å²) in [5, 5.41) is 0. The van der Waals surface area contributed by atoms with Gasteiger partial charge in [0, 0.05) is 16.2 Å². The molecule has 54 heavy (non-hydrogen) atoms. The maximum absolute atomic E-state index is 17.5. The second-order valence-electron chi connectivity index (χ2n) is 16.9. The third kappa shape index (κ3) is 4.21. The highest BCUT2D eigenvalue weighted by Crippen LogP contribution is 2.54. The highest BCUT2D eigenvalue weighted by Gasteiger charge is 2.39. The van der Waals surface area contributed by atoms with Gasteiger partial charge in [-0.15, -0.1) is 0 Å². The van der Waals surface area contributed by atoms with Crippen LogP contribution in [0.3, 0.4) is 0 Å². The molecule has 0 amide bonds. The first kappa shape index (κ1) is 32.9. The lowest BCUT2D eigenvalue weighted by Gasteiger charge is -2.24. The molecule has 0 heterocycles. The molecule has 0 N–H and O–H groups in total. The van der Waals surface area contributed by atoms with Crippen LogP contribution in [0.25, 0.3) is 66.8 Å². The van der Waals surface area contributed by atoms with Gasteiger partial charge in [-0.25, -0.2) is 13.2 Å². The van der Waals surface area contributed by atoms with E-state index in [1.54, 1.807) is 18.2 Å². The lowest BCUT2D eigenvalue weighted by molar-refractivity contribution is 0.557. The predicted octanol–water partition coefficient (Wildman–Crippen LogP) is 14.0. The minimum atomic E-state index is -0.899. The molecule has 264 valence electrons. The minimum Gasteiger partial charge on any atom is -0.205 e. The van der Waals surface area contributed by atoms with Crippen molar-refractivity contribution in [3.8, 4) is 66.8 Å². The minimum absolute atomic E-state index is 0.220. The Balaban J connectivity index is 1.23. The monoisotopic (exact) mass is 708 g/mol. The van der Waals surface area contributed by atoms with Gasteiger partial charge in [0.25, 0.3) is 0 Å². The molecule has 0 aromatic heterocycles. The lowest BCUT2D eigenvalue weighted by Crippen LogP contribution is -2.15. The molecule has 0 saturated carbocycles. The summed E-state index contributed by atoms with van der Waals surface area (Å²) in [5.74, 6) is -2.70. The van der Waals surface area contributed by atoms with Gasteiger partial charge in [0.2, 0.25) is 0 Å². The predicted molar refractivity (Wildman–Crippen MR) is 215 cm³/mol. The smallest absolute Gasteiger partial charge is 0.144 e. The number of halogens is 3. The van der Waals surface area contributed by atoms with E-state index in [-0.39, 0.29) is 32.9 Å². The highest BCUT2D eigenvalue weighted by molar-refractivity contribution is 5.91. The Kier molecular flexibility index (Phi) is 6.68. The van der Waals surface area contributed by atoms with Gasteiger partial charge >= 0.3 is 0 Å². The molecule has 0 atom stereocenters. The van der Waals surface area contributed by atoms with Crippen LogP contribution in [0.4, 0.5) is 13.2 Å². The number of rotatable bonds is 3. The number of hydrogen-bond donors (Lipinski definition) is 0. The van der Waals surface area contributed by atoms with E-state index in [0.29, 0.717) is 16.7 Å². The zero-order valence-corrected chi connectivity index (χ0v) is 31.3. The van der Waals surface area contributed by atoms with E-state index in [9.17, 15) is 0 Å². The van der Waals surface area contributed by atoms with Gasteiger partial charge in [0.15, 0.2) is 0 Å². The largest absolute Gasteiger partial charge is 0.205 e. The zero-order chi connectivity index (χ0) is 37.5. The summed E-state index contributed by atoms with van der Waals surface area (Å²) in [4.78, 5) is 0. The molecule has 3 aliphatic carbocycles. The van der Waals surface area contributed by atoms with E-state index in [0.717, 1.165) is 50.1 Å². The summed E-state index contributed by atoms with van der Waals surface area (Å²) in [6.07, 6.45) is 0. The maximum Gasteiger partial charge on any atom is 0.144 e. The van der Waals surface area contributed by atoms with Crippen LogP contribution in [-0.2, 0) is 16.2 Å². The number of fused-ring (bicyclic) bond motifs is 9. The van der Waals surface area contributed by atoms with Crippen LogP contribution in [0.2, 0.25) is 0 Å². The van der Waals surface area contributed by atoms with Gasteiger partial charge in [-0.05, 0) is 102 Å². The quantitative estimate of drug-likeness (QED) is 0.171. The molecule has 0 fully saturated rings. The maximum atomic E-state index is 17.5. The van der Waals surface area contributed by atoms with E-state index in [1.807, 2.05) is 72.8 Å². The van der Waals surface area contributed by atoms with E-state index in [1.165, 1.54) is 16.7 Å². The third-order valence-electron chi connectivity index (χ3n) is 12.9. The molecule has 0 saturated heterocycles. The van der Waals surface area contributed by atoms with Crippen LogP contribution in [0.5, 0.6) is 0 Å². The summed E-state index contributed by atoms with van der Waals surface area (Å²) in [5.41, 5.74) is 12.3. The molecule has 0 aliphatic heterocycles. The highest BCUT2D eigenvalue weighted by atomic mass is 19.1. The van der Waals surface area contributed by atoms with E-state index in [4.69, 9.17) is 0 Å². The Labute approximate surface area is 315 Å². The summed E-state index contributed by atoms with van der Waals surface area (Å²) in [7, 11) is 0. The number of hydrogen-bond acceptors (Lipinski definition) is 0. The van der Waals surface area contributed by atoms with E-state index >= 15 is 13.2 Å². The van der Waals surface area contributed by atoms with E-state index < -0.39 is 17.5 Å². The van der Waals surface area contributed by atoms with Crippen molar-refractivity contribution in [2.24, 2.45) is 0 Å². The van der Waals surface area contributed by atoms with Crippen LogP contribution >= 0.6 is 0 Å². The molecule has 0 radical (unpaired) electrons. The average Bonchev–Trinajstić information content (AvgIpc) is 3.64. The second kappa shape index (κ2) is 10.9. The standard InChI is InChI=1S/C51H39F3/c1-49(2)37-16-10-7-13-31(37)34-22-19-28(25-40(34)49)43-46(52)44(29-20-23-35-32-14-8-11-17-38(32)50(3,4)41(35)26-29)48(54)45(47(43)53)30-21-24-36-33-15-9-12-18-39(33)51(5,6)42(36)27-30/h7-27H,1-6H3. The summed E-state index contributed by atoms with van der Waals surface area (Å²) in [6.45, 7) is 12.9. The van der Waals surface area contributed by atoms with E-state index in [2.05, 4.69) is 77.9 Å². The van der Waals surface area contributed by atoms with Gasteiger partial charge in [0.1, 0.15) is 17.5 Å². The van der Waals surface area contributed by atoms with Gasteiger partial charge in [0.05, 0.1) is 16.7 Å². The Morgan fingerprint density at radius 3 is 0.815 bits per heavy atom. The van der Waals surface area contributed by atoms with Crippen molar-refractivity contribution in [3.63, 3.8) is 0 Å². The summed E-state index contributed by atoms with van der Waals surface area (Å²) < 4.78 is 52.6. The SMILES string of the molecule is CC1(C)c2ccccc2-c2ccc(-c3c(F)c(-c4ccc5c(c4)C(C)(C)c4ccccc4-5)c(F)c(-c4ccc5c(c4)C(C)(C)c4ccccc4-5)c3F)cc21. The second-order valence-corrected chi connectivity index (χ2v) is 16.9. The summed E-state index contributed by atoms with van der Waals surface area (Å²) >= 11 is 0. The summed E-state index contributed by atoms with van der Waals surface area (Å²) in [6, 6.07) is 41.7. The molecular weight excluding hydrogens is 670 g/mol. The molecule has 7 aromatic carbocycles. The van der Waals surface area contributed by atoms with Crippen molar-refractivity contribution in [2.45, 2.75) is 57.8 Å². The number of benzene rings is 7. The van der Waals surface area contributed by atoms with Crippen LogP contribution in [0, 0.1) is 17.5 Å². The molecule has 0 bridgehead atoms. The van der Waals surface area contributed by atoms with Crippen LogP contribution in [-0.4, -0.2) is 0 Å². The van der Waals surface area contributed by atoms with Gasteiger partial charge < -0.3 is 0 Å². The first-order valence-corrected chi connectivity index (χ1v) is 18.8. The Bertz CT molecular complexity index is 2460. The fraction of sp³-hybridized carbons (Fsp3) is 0.176. The normalized spacial score (nSPS) is 15.9. The molecular formula is C51H39F3. The van der Waals surface area contributed by atoms with Crippen molar-refractivity contribution in [3.05, 3.63) is 178 Å². The van der Waals surface area contributed by atoms with Crippen molar-refractivity contribution in [2.75, 3.05) is 0 Å². The molecule has 0 nitrogen and oxygen atoms in total. The van der Waals surface area contributed by atoms with Crippen LogP contribution in [0.1, 0.15) is 74.9 Å². The fourth-order valence-electron chi connectivity index (χ4n) is 10.0. The van der Waals surface area contributed by atoms with Gasteiger partial charge in [-0.3, -0.25) is 0 Å². The molecule has 3 heteroatoms. The molecule has 0 spiro atoms. The van der Waals surface area contributed by atoms with Crippen molar-refractivity contribution < 1.29 is 13.2 Å². The van der Waals surface area contributed by atoms with Crippen molar-refractivity contribution >= 4 is 0 Å². The van der Waals surface area contributed by atoms with Crippen LogP contribution in [0.15, 0.2) is 127 Å². The first-order valence-electron chi connectivity index (χ1n) is 18.8.